The van der Waals surface area contributed by atoms with E-state index in [-0.39, 0.29) is 11.5 Å². The zero-order chi connectivity index (χ0) is 18.0. The number of anilines is 1. The number of hydrogen-bond donors (Lipinski definition) is 1. The van der Waals surface area contributed by atoms with E-state index in [4.69, 9.17) is 9.84 Å². The zero-order valence-electron chi connectivity index (χ0n) is 14.0. The van der Waals surface area contributed by atoms with Crippen LogP contribution in [0.4, 0.5) is 5.69 Å². The van der Waals surface area contributed by atoms with Gasteiger partial charge in [0.2, 0.25) is 5.91 Å². The summed E-state index contributed by atoms with van der Waals surface area (Å²) in [6.07, 6.45) is 0.860. The fourth-order valence-corrected chi connectivity index (χ4v) is 2.74. The van der Waals surface area contributed by atoms with Gasteiger partial charge in [0.25, 0.3) is 0 Å². The molecule has 128 valence electrons. The van der Waals surface area contributed by atoms with Crippen LogP contribution >= 0.6 is 0 Å². The predicted octanol–water partition coefficient (Wildman–Crippen LogP) is 3.23. The number of methoxy groups -OCH3 is 1. The largest absolute Gasteiger partial charge is 0.496 e. The number of benzene rings is 2. The summed E-state index contributed by atoms with van der Waals surface area (Å²) in [4.78, 5) is 23.3. The van der Waals surface area contributed by atoms with Gasteiger partial charge >= 0.3 is 5.97 Å². The molecule has 1 aliphatic rings. The van der Waals surface area contributed by atoms with Crippen molar-refractivity contribution < 1.29 is 19.4 Å². The Labute approximate surface area is 145 Å². The fraction of sp³-hybridized carbons (Fsp3) is 0.211. The predicted molar refractivity (Wildman–Crippen MR) is 94.4 cm³/mol. The molecular formula is C19H18N2O4. The highest BCUT2D eigenvalue weighted by molar-refractivity contribution is 6.10. The van der Waals surface area contributed by atoms with Crippen molar-refractivity contribution in [2.75, 3.05) is 12.1 Å². The number of carbonyl (C=O) groups excluding carboxylic acids is 1. The van der Waals surface area contributed by atoms with Crippen molar-refractivity contribution in [3.8, 4) is 5.75 Å². The molecule has 1 amide bonds. The lowest BCUT2D eigenvalue weighted by atomic mass is 10.0. The van der Waals surface area contributed by atoms with Crippen molar-refractivity contribution in [1.82, 2.24) is 0 Å². The number of aryl methyl sites for hydroxylation is 1. The number of carboxylic acid groups (broad SMARTS) is 1. The summed E-state index contributed by atoms with van der Waals surface area (Å²) < 4.78 is 5.41. The van der Waals surface area contributed by atoms with E-state index in [1.807, 2.05) is 25.1 Å². The number of carboxylic acids is 1. The molecule has 0 radical (unpaired) electrons. The molecule has 1 aliphatic heterocycles. The summed E-state index contributed by atoms with van der Waals surface area (Å²) in [6.45, 7) is 1.99. The second-order valence-corrected chi connectivity index (χ2v) is 5.81. The molecule has 2 aromatic rings. The van der Waals surface area contributed by atoms with Crippen LogP contribution in [0.3, 0.4) is 0 Å². The SMILES string of the molecule is COc1ccc(C)cc1C1=NN(c2ccc(C(=O)O)cc2)C(=O)CC1. The molecule has 0 bridgehead atoms. The Morgan fingerprint density at radius 1 is 1.16 bits per heavy atom. The standard InChI is InChI=1S/C19H18N2O4/c1-12-3-9-17(25-2)15(11-12)16-8-10-18(22)21(20-16)14-6-4-13(5-7-14)19(23)24/h3-7,9,11H,8,10H2,1-2H3,(H,23,24). The third-order valence-corrected chi connectivity index (χ3v) is 4.06. The number of hydrogen-bond acceptors (Lipinski definition) is 4. The van der Waals surface area contributed by atoms with Crippen LogP contribution in [-0.2, 0) is 4.79 Å². The van der Waals surface area contributed by atoms with Gasteiger partial charge in [0.05, 0.1) is 24.1 Å². The summed E-state index contributed by atoms with van der Waals surface area (Å²) in [5.74, 6) is -0.427. The third kappa shape index (κ3) is 3.38. The molecule has 0 atom stereocenters. The molecule has 0 saturated carbocycles. The lowest BCUT2D eigenvalue weighted by Gasteiger charge is -2.24. The van der Waals surface area contributed by atoms with Gasteiger partial charge in [-0.25, -0.2) is 9.80 Å². The summed E-state index contributed by atoms with van der Waals surface area (Å²) in [5, 5.41) is 14.8. The van der Waals surface area contributed by atoms with Crippen LogP contribution in [0.15, 0.2) is 47.6 Å². The van der Waals surface area contributed by atoms with Crippen LogP contribution in [0.25, 0.3) is 0 Å². The van der Waals surface area contributed by atoms with Crippen LogP contribution in [0.2, 0.25) is 0 Å². The number of ether oxygens (including phenoxy) is 1. The quantitative estimate of drug-likeness (QED) is 0.928. The molecule has 6 heteroatoms. The Morgan fingerprint density at radius 3 is 2.52 bits per heavy atom. The Morgan fingerprint density at radius 2 is 1.88 bits per heavy atom. The number of hydrazone groups is 1. The van der Waals surface area contributed by atoms with E-state index in [2.05, 4.69) is 5.10 Å². The minimum atomic E-state index is -1.01. The molecule has 0 spiro atoms. The Balaban J connectivity index is 2.00. The zero-order valence-corrected chi connectivity index (χ0v) is 14.0. The van der Waals surface area contributed by atoms with Crippen LogP contribution in [0.1, 0.15) is 34.3 Å². The first-order valence-electron chi connectivity index (χ1n) is 7.88. The van der Waals surface area contributed by atoms with Gasteiger partial charge in [-0.15, -0.1) is 0 Å². The van der Waals surface area contributed by atoms with Gasteiger partial charge in [-0.3, -0.25) is 4.79 Å². The summed E-state index contributed by atoms with van der Waals surface area (Å²) in [7, 11) is 1.60. The lowest BCUT2D eigenvalue weighted by Crippen LogP contribution is -2.32. The van der Waals surface area contributed by atoms with E-state index in [0.29, 0.717) is 24.3 Å². The van der Waals surface area contributed by atoms with E-state index in [1.165, 1.54) is 17.1 Å². The van der Waals surface area contributed by atoms with Crippen molar-refractivity contribution in [2.24, 2.45) is 5.10 Å². The summed E-state index contributed by atoms with van der Waals surface area (Å²) in [5.41, 5.74) is 3.41. The highest BCUT2D eigenvalue weighted by atomic mass is 16.5. The molecule has 2 aromatic carbocycles. The molecule has 6 nitrogen and oxygen atoms in total. The molecule has 0 aromatic heterocycles. The van der Waals surface area contributed by atoms with Gasteiger partial charge in [0, 0.05) is 18.4 Å². The first-order valence-corrected chi connectivity index (χ1v) is 7.88. The van der Waals surface area contributed by atoms with E-state index in [9.17, 15) is 9.59 Å². The van der Waals surface area contributed by atoms with E-state index >= 15 is 0 Å². The summed E-state index contributed by atoms with van der Waals surface area (Å²) >= 11 is 0. The lowest BCUT2D eigenvalue weighted by molar-refractivity contribution is -0.118. The minimum Gasteiger partial charge on any atom is -0.496 e. The summed E-state index contributed by atoms with van der Waals surface area (Å²) in [6, 6.07) is 11.9. The van der Waals surface area contributed by atoms with Crippen LogP contribution in [0, 0.1) is 6.92 Å². The number of amides is 1. The van der Waals surface area contributed by atoms with Crippen molar-refractivity contribution in [1.29, 1.82) is 0 Å². The van der Waals surface area contributed by atoms with Crippen molar-refractivity contribution in [3.63, 3.8) is 0 Å². The number of aromatic carboxylic acids is 1. The topological polar surface area (TPSA) is 79.2 Å². The second kappa shape index (κ2) is 6.76. The number of nitrogens with zero attached hydrogens (tertiary/aromatic N) is 2. The van der Waals surface area contributed by atoms with Crippen molar-refractivity contribution >= 4 is 23.3 Å². The van der Waals surface area contributed by atoms with Crippen molar-refractivity contribution in [2.45, 2.75) is 19.8 Å². The molecule has 25 heavy (non-hydrogen) atoms. The fourth-order valence-electron chi connectivity index (χ4n) is 2.74. The Kier molecular flexibility index (Phi) is 4.52. The molecule has 0 unspecified atom stereocenters. The van der Waals surface area contributed by atoms with Gasteiger partial charge in [0.1, 0.15) is 5.75 Å². The normalized spacial score (nSPS) is 14.2. The smallest absolute Gasteiger partial charge is 0.335 e. The maximum absolute atomic E-state index is 12.3. The molecule has 1 heterocycles. The second-order valence-electron chi connectivity index (χ2n) is 5.81. The Bertz CT molecular complexity index is 856. The van der Waals surface area contributed by atoms with Gasteiger partial charge in [-0.05, 0) is 43.3 Å². The molecule has 3 rings (SSSR count). The maximum Gasteiger partial charge on any atom is 0.335 e. The average Bonchev–Trinajstić information content (AvgIpc) is 2.62. The van der Waals surface area contributed by atoms with Gasteiger partial charge in [-0.1, -0.05) is 11.6 Å². The number of carbonyl (C=O) groups is 2. The molecule has 1 N–H and O–H groups in total. The van der Waals surface area contributed by atoms with Gasteiger partial charge in [-0.2, -0.15) is 5.10 Å². The Hall–Kier alpha value is -3.15. The average molecular weight is 338 g/mol. The van der Waals surface area contributed by atoms with E-state index in [1.54, 1.807) is 19.2 Å². The first kappa shape index (κ1) is 16.7. The van der Waals surface area contributed by atoms with E-state index in [0.717, 1.165) is 16.8 Å². The highest BCUT2D eigenvalue weighted by Gasteiger charge is 2.24. The van der Waals surface area contributed by atoms with Crippen LogP contribution in [-0.4, -0.2) is 29.8 Å². The van der Waals surface area contributed by atoms with Gasteiger partial charge in [0.15, 0.2) is 0 Å². The minimum absolute atomic E-state index is 0.126. The molecule has 0 saturated heterocycles. The first-order chi connectivity index (χ1) is 12.0. The number of rotatable bonds is 4. The van der Waals surface area contributed by atoms with Gasteiger partial charge < -0.3 is 9.84 Å². The van der Waals surface area contributed by atoms with Crippen molar-refractivity contribution in [3.05, 3.63) is 59.2 Å². The maximum atomic E-state index is 12.3. The van der Waals surface area contributed by atoms with E-state index < -0.39 is 5.97 Å². The van der Waals surface area contributed by atoms with Crippen LogP contribution in [0.5, 0.6) is 5.75 Å². The third-order valence-electron chi connectivity index (χ3n) is 4.06. The molecule has 0 aliphatic carbocycles. The highest BCUT2D eigenvalue weighted by Crippen LogP contribution is 2.27. The molecular weight excluding hydrogens is 320 g/mol. The monoisotopic (exact) mass is 338 g/mol. The van der Waals surface area contributed by atoms with Crippen LogP contribution < -0.4 is 9.75 Å². The molecule has 0 fully saturated rings.